The number of hydrogen-bond acceptors (Lipinski definition) is 3. The van der Waals surface area contributed by atoms with Gasteiger partial charge in [0.05, 0.1) is 25.2 Å². The molecule has 2 heterocycles. The third kappa shape index (κ3) is 6.41. The largest absolute Gasteiger partial charge is 0.419 e. The molecule has 1 aromatic heterocycles. The van der Waals surface area contributed by atoms with E-state index in [1.54, 1.807) is 0 Å². The van der Waals surface area contributed by atoms with Gasteiger partial charge in [0.2, 0.25) is 11.8 Å². The van der Waals surface area contributed by atoms with Crippen molar-refractivity contribution in [3.05, 3.63) is 23.9 Å². The van der Waals surface area contributed by atoms with Crippen molar-refractivity contribution in [2.45, 2.75) is 45.3 Å². The van der Waals surface area contributed by atoms with Crippen molar-refractivity contribution in [1.82, 2.24) is 10.6 Å². The van der Waals surface area contributed by atoms with Crippen molar-refractivity contribution in [1.29, 1.82) is 0 Å². The number of amides is 2. The first-order valence-corrected chi connectivity index (χ1v) is 8.88. The van der Waals surface area contributed by atoms with Gasteiger partial charge in [0.1, 0.15) is 6.20 Å². The summed E-state index contributed by atoms with van der Waals surface area (Å²) in [6, 6.07) is 2.44. The summed E-state index contributed by atoms with van der Waals surface area (Å²) in [4.78, 5) is 28.6. The molecule has 0 aromatic carbocycles. The van der Waals surface area contributed by atoms with Gasteiger partial charge in [-0.1, -0.05) is 0 Å². The summed E-state index contributed by atoms with van der Waals surface area (Å²) < 4.78 is 37.8. The number of carbonyl (C=O) groups excluding carboxylic acids is 2. The number of nitrogens with one attached hydrogen (secondary N) is 3. The Labute approximate surface area is 156 Å². The molecule has 1 aliphatic rings. The molecule has 0 aliphatic carbocycles. The van der Waals surface area contributed by atoms with Gasteiger partial charge >= 0.3 is 6.18 Å². The third-order valence-electron chi connectivity index (χ3n) is 4.27. The minimum atomic E-state index is -4.38. The van der Waals surface area contributed by atoms with Gasteiger partial charge in [-0.05, 0) is 39.7 Å². The van der Waals surface area contributed by atoms with E-state index in [1.165, 1.54) is 6.07 Å². The molecule has 1 aromatic rings. The molecule has 6 nitrogen and oxygen atoms in total. The molecule has 2 amide bonds. The lowest BCUT2D eigenvalue weighted by Crippen LogP contribution is -2.48. The lowest BCUT2D eigenvalue weighted by molar-refractivity contribution is -0.367. The fraction of sp³-hybridized carbons (Fsp3) is 0.611. The Bertz CT molecular complexity index is 661. The molecule has 9 heteroatoms. The number of nitrogens with zero attached hydrogens (tertiary/aromatic N) is 1. The van der Waals surface area contributed by atoms with Gasteiger partial charge in [0.15, 0.2) is 0 Å². The number of H-pyrrole nitrogens is 1. The van der Waals surface area contributed by atoms with Crippen molar-refractivity contribution < 1.29 is 27.7 Å². The normalized spacial score (nSPS) is 16.1. The van der Waals surface area contributed by atoms with E-state index in [-0.39, 0.29) is 29.8 Å². The number of piperidine rings is 1. The molecule has 2 rings (SSSR count). The van der Waals surface area contributed by atoms with E-state index in [2.05, 4.69) is 15.6 Å². The van der Waals surface area contributed by atoms with Crippen LogP contribution in [0.25, 0.3) is 0 Å². The van der Waals surface area contributed by atoms with Crippen LogP contribution in [0.1, 0.15) is 39.2 Å². The molecule has 3 N–H and O–H groups in total. The topological polar surface area (TPSA) is 75.6 Å². The number of hydrogen-bond donors (Lipinski definition) is 2. The SMILES string of the molecule is CC(C)(C)NC(=O)CNC(=O)C1CCN(c2ccc(C(F)(F)F)c[nH+]2)CC1. The second kappa shape index (κ2) is 8.14. The Kier molecular flexibility index (Phi) is 6.33. The highest BCUT2D eigenvalue weighted by atomic mass is 19.4. The summed E-state index contributed by atoms with van der Waals surface area (Å²) in [5.74, 6) is -0.0349. The highest BCUT2D eigenvalue weighted by Gasteiger charge is 2.33. The fourth-order valence-corrected chi connectivity index (χ4v) is 2.95. The zero-order chi connectivity index (χ0) is 20.2. The van der Waals surface area contributed by atoms with E-state index < -0.39 is 11.7 Å². The van der Waals surface area contributed by atoms with Crippen LogP contribution in [0.15, 0.2) is 18.3 Å². The molecule has 0 unspecified atom stereocenters. The average molecular weight is 387 g/mol. The molecule has 0 bridgehead atoms. The molecule has 0 saturated carbocycles. The first kappa shape index (κ1) is 21.0. The average Bonchev–Trinajstić information content (AvgIpc) is 2.58. The number of aromatic amines is 1. The van der Waals surface area contributed by atoms with E-state index in [9.17, 15) is 22.8 Å². The Morgan fingerprint density at radius 2 is 1.81 bits per heavy atom. The van der Waals surface area contributed by atoms with E-state index in [0.29, 0.717) is 31.7 Å². The maximum Gasteiger partial charge on any atom is 0.419 e. The number of pyridine rings is 1. The van der Waals surface area contributed by atoms with Crippen LogP contribution in [-0.4, -0.2) is 37.0 Å². The van der Waals surface area contributed by atoms with Gasteiger partial charge in [-0.3, -0.25) is 14.5 Å². The molecule has 0 spiro atoms. The van der Waals surface area contributed by atoms with Crippen LogP contribution in [0.3, 0.4) is 0 Å². The first-order valence-electron chi connectivity index (χ1n) is 8.88. The summed E-state index contributed by atoms with van der Waals surface area (Å²) >= 11 is 0. The van der Waals surface area contributed by atoms with Crippen molar-refractivity contribution in [3.63, 3.8) is 0 Å². The van der Waals surface area contributed by atoms with Crippen LogP contribution in [0.5, 0.6) is 0 Å². The lowest BCUT2D eigenvalue weighted by atomic mass is 9.96. The number of alkyl halides is 3. The number of carbonyl (C=O) groups is 2. The Morgan fingerprint density at radius 3 is 2.30 bits per heavy atom. The first-order chi connectivity index (χ1) is 12.5. The predicted molar refractivity (Wildman–Crippen MR) is 93.8 cm³/mol. The van der Waals surface area contributed by atoms with E-state index in [4.69, 9.17) is 0 Å². The van der Waals surface area contributed by atoms with Gasteiger partial charge in [-0.2, -0.15) is 13.2 Å². The smallest absolute Gasteiger partial charge is 0.350 e. The van der Waals surface area contributed by atoms with Crippen LogP contribution in [0, 0.1) is 5.92 Å². The van der Waals surface area contributed by atoms with Crippen LogP contribution >= 0.6 is 0 Å². The maximum absolute atomic E-state index is 12.6. The molecule has 1 saturated heterocycles. The minimum Gasteiger partial charge on any atom is -0.350 e. The van der Waals surface area contributed by atoms with Gasteiger partial charge < -0.3 is 10.6 Å². The zero-order valence-corrected chi connectivity index (χ0v) is 15.7. The van der Waals surface area contributed by atoms with Gasteiger partial charge in [0.25, 0.3) is 5.82 Å². The summed E-state index contributed by atoms with van der Waals surface area (Å²) in [5, 5.41) is 5.43. The minimum absolute atomic E-state index is 0.0665. The van der Waals surface area contributed by atoms with Crippen molar-refractivity contribution in [3.8, 4) is 0 Å². The van der Waals surface area contributed by atoms with Crippen molar-refractivity contribution in [2.24, 2.45) is 5.92 Å². The highest BCUT2D eigenvalue weighted by Crippen LogP contribution is 2.29. The Hall–Kier alpha value is -2.32. The molecule has 1 fully saturated rings. The van der Waals surface area contributed by atoms with Crippen molar-refractivity contribution in [2.75, 3.05) is 24.5 Å². The predicted octanol–water partition coefficient (Wildman–Crippen LogP) is 1.77. The number of rotatable bonds is 4. The molecule has 27 heavy (non-hydrogen) atoms. The second-order valence-corrected chi connectivity index (χ2v) is 7.74. The highest BCUT2D eigenvalue weighted by molar-refractivity contribution is 5.86. The van der Waals surface area contributed by atoms with Gasteiger partial charge in [-0.25, -0.2) is 4.98 Å². The summed E-state index contributed by atoms with van der Waals surface area (Å²) in [5.41, 5.74) is -1.08. The molecule has 1 aliphatic heterocycles. The number of anilines is 1. The summed E-state index contributed by atoms with van der Waals surface area (Å²) in [6.07, 6.45) is -2.29. The van der Waals surface area contributed by atoms with Gasteiger partial charge in [-0.15, -0.1) is 0 Å². The van der Waals surface area contributed by atoms with E-state index in [0.717, 1.165) is 12.3 Å². The lowest BCUT2D eigenvalue weighted by Gasteiger charge is -2.27. The fourth-order valence-electron chi connectivity index (χ4n) is 2.95. The molecule has 0 radical (unpaired) electrons. The summed E-state index contributed by atoms with van der Waals surface area (Å²) in [6.45, 7) is 6.62. The van der Waals surface area contributed by atoms with E-state index in [1.807, 2.05) is 25.7 Å². The van der Waals surface area contributed by atoms with Crippen molar-refractivity contribution >= 4 is 17.6 Å². The monoisotopic (exact) mass is 387 g/mol. The zero-order valence-electron chi connectivity index (χ0n) is 15.7. The molecule has 150 valence electrons. The van der Waals surface area contributed by atoms with Gasteiger partial charge in [0, 0.05) is 17.5 Å². The number of halogens is 3. The third-order valence-corrected chi connectivity index (χ3v) is 4.27. The molecular formula is C18H26F3N4O2+. The van der Waals surface area contributed by atoms with Crippen LogP contribution in [-0.2, 0) is 15.8 Å². The Balaban J connectivity index is 1.81. The number of aromatic nitrogens is 1. The maximum atomic E-state index is 12.6. The van der Waals surface area contributed by atoms with Crippen LogP contribution in [0.2, 0.25) is 0 Å². The van der Waals surface area contributed by atoms with Crippen LogP contribution < -0.4 is 20.5 Å². The molecule has 0 atom stereocenters. The van der Waals surface area contributed by atoms with E-state index >= 15 is 0 Å². The second-order valence-electron chi connectivity index (χ2n) is 7.74. The quantitative estimate of drug-likeness (QED) is 0.827. The molecular weight excluding hydrogens is 361 g/mol. The van der Waals surface area contributed by atoms with Crippen LogP contribution in [0.4, 0.5) is 19.0 Å². The summed E-state index contributed by atoms with van der Waals surface area (Å²) in [7, 11) is 0. The standard InChI is InChI=1S/C18H25F3N4O2/c1-17(2,3)24-15(26)11-23-16(27)12-6-8-25(9-7-12)14-5-4-13(10-22-14)18(19,20)21/h4-5,10,12H,6-9,11H2,1-3H3,(H,23,27)(H,24,26)/p+1. The Morgan fingerprint density at radius 1 is 1.19 bits per heavy atom.